The third-order valence-corrected chi connectivity index (χ3v) is 7.61. The van der Waals surface area contributed by atoms with Crippen LogP contribution in [0.15, 0.2) is 66.0 Å². The van der Waals surface area contributed by atoms with Crippen molar-refractivity contribution >= 4 is 15.7 Å². The minimum atomic E-state index is -3.69. The number of hydrogen-bond acceptors (Lipinski definition) is 4. The van der Waals surface area contributed by atoms with E-state index < -0.39 is 9.84 Å². The molecule has 0 atom stereocenters. The van der Waals surface area contributed by atoms with Crippen molar-refractivity contribution in [3.05, 3.63) is 83.2 Å². The minimum Gasteiger partial charge on any atom is -0.336 e. The second-order valence-electron chi connectivity index (χ2n) is 9.74. The van der Waals surface area contributed by atoms with Gasteiger partial charge in [0.25, 0.3) is 0 Å². The molecule has 7 heteroatoms. The first-order chi connectivity index (χ1) is 16.2. The van der Waals surface area contributed by atoms with Crippen LogP contribution in [0.5, 0.6) is 0 Å². The Kier molecular flexibility index (Phi) is 7.22. The molecule has 0 N–H and O–H groups in total. The van der Waals surface area contributed by atoms with Gasteiger partial charge in [0.15, 0.2) is 0 Å². The molecule has 2 aromatic carbocycles. The van der Waals surface area contributed by atoms with Crippen molar-refractivity contribution in [1.82, 2.24) is 14.5 Å². The fourth-order valence-corrected chi connectivity index (χ4v) is 5.62. The molecule has 1 aliphatic carbocycles. The molecule has 1 aromatic heterocycles. The summed E-state index contributed by atoms with van der Waals surface area (Å²) < 4.78 is 28.7. The van der Waals surface area contributed by atoms with Gasteiger partial charge in [-0.1, -0.05) is 74.0 Å². The first-order valence-electron chi connectivity index (χ1n) is 11.9. The van der Waals surface area contributed by atoms with E-state index in [9.17, 15) is 13.2 Å². The quantitative estimate of drug-likeness (QED) is 0.426. The lowest BCUT2D eigenvalue weighted by Crippen LogP contribution is -2.35. The molecule has 6 nitrogen and oxygen atoms in total. The lowest BCUT2D eigenvalue weighted by Gasteiger charge is -2.25. The monoisotopic (exact) mass is 479 g/mol. The van der Waals surface area contributed by atoms with Crippen LogP contribution >= 0.6 is 0 Å². The van der Waals surface area contributed by atoms with Crippen molar-refractivity contribution in [2.24, 2.45) is 11.8 Å². The van der Waals surface area contributed by atoms with E-state index in [1.54, 1.807) is 10.8 Å². The van der Waals surface area contributed by atoms with Crippen LogP contribution in [0, 0.1) is 18.8 Å². The number of nitrogens with zero attached hydrogens (tertiary/aromatic N) is 3. The van der Waals surface area contributed by atoms with E-state index in [4.69, 9.17) is 0 Å². The van der Waals surface area contributed by atoms with E-state index in [1.165, 1.54) is 0 Å². The first-order valence-corrected chi connectivity index (χ1v) is 13.5. The predicted octanol–water partition coefficient (Wildman–Crippen LogP) is 4.61. The van der Waals surface area contributed by atoms with Gasteiger partial charge in [-0.3, -0.25) is 4.79 Å². The lowest BCUT2D eigenvalue weighted by molar-refractivity contribution is -0.133. The summed E-state index contributed by atoms with van der Waals surface area (Å²) in [5.41, 5.74) is 3.53. The fourth-order valence-electron chi connectivity index (χ4n) is 4.13. The lowest BCUT2D eigenvalue weighted by atomic mass is 10.2. The Morgan fingerprint density at radius 3 is 2.35 bits per heavy atom. The molecule has 1 saturated carbocycles. The zero-order chi connectivity index (χ0) is 24.3. The first kappa shape index (κ1) is 24.2. The largest absolute Gasteiger partial charge is 0.336 e. The van der Waals surface area contributed by atoms with Crippen molar-refractivity contribution in [2.75, 3.05) is 6.54 Å². The molecule has 1 fully saturated rings. The Bertz CT molecular complexity index is 1230. The number of benzene rings is 2. The molecule has 3 aromatic rings. The van der Waals surface area contributed by atoms with Crippen molar-refractivity contribution in [1.29, 1.82) is 0 Å². The highest BCUT2D eigenvalue weighted by Gasteiger charge is 2.34. The average molecular weight is 480 g/mol. The number of imidazole rings is 1. The van der Waals surface area contributed by atoms with E-state index in [-0.39, 0.29) is 22.7 Å². The zero-order valence-electron chi connectivity index (χ0n) is 20.1. The van der Waals surface area contributed by atoms with E-state index in [0.29, 0.717) is 25.6 Å². The van der Waals surface area contributed by atoms with Crippen LogP contribution in [-0.4, -0.2) is 35.3 Å². The average Bonchev–Trinajstić information content (AvgIpc) is 3.57. The molecule has 0 spiro atoms. The van der Waals surface area contributed by atoms with Gasteiger partial charge in [-0.15, -0.1) is 0 Å². The maximum Gasteiger partial charge on any atom is 0.228 e. The van der Waals surface area contributed by atoms with Crippen molar-refractivity contribution in [3.8, 4) is 0 Å². The Hall–Kier alpha value is -2.93. The van der Waals surface area contributed by atoms with Crippen LogP contribution in [-0.2, 0) is 33.5 Å². The van der Waals surface area contributed by atoms with Gasteiger partial charge in [0.1, 0.15) is 0 Å². The van der Waals surface area contributed by atoms with Crippen molar-refractivity contribution in [3.63, 3.8) is 0 Å². The Morgan fingerprint density at radius 1 is 1.06 bits per heavy atom. The Morgan fingerprint density at radius 2 is 1.74 bits per heavy atom. The van der Waals surface area contributed by atoms with Gasteiger partial charge in [-0.25, -0.2) is 13.4 Å². The van der Waals surface area contributed by atoms with Gasteiger partial charge in [-0.2, -0.15) is 0 Å². The Balaban J connectivity index is 1.68. The molecule has 0 bridgehead atoms. The number of carbonyl (C=O) groups excluding carboxylic acids is 1. The van der Waals surface area contributed by atoms with Gasteiger partial charge in [-0.05, 0) is 36.8 Å². The Labute approximate surface area is 202 Å². The minimum absolute atomic E-state index is 0.0512. The molecular formula is C27H33N3O3S. The van der Waals surface area contributed by atoms with Crippen LogP contribution < -0.4 is 0 Å². The number of aryl methyl sites for hydroxylation is 1. The standard InChI is InChI=1S/C27H33N3O3S/c1-20(2)16-29(26(31)24-13-14-24)18-25-15-28-27(30(25)17-22-7-5-4-6-8-22)34(32,33)19-23-11-9-21(3)10-12-23/h4-12,15,20,24H,13-14,16-19H2,1-3H3. The smallest absolute Gasteiger partial charge is 0.228 e. The second kappa shape index (κ2) is 10.1. The number of rotatable bonds is 10. The summed E-state index contributed by atoms with van der Waals surface area (Å²) in [5.74, 6) is 0.465. The van der Waals surface area contributed by atoms with E-state index in [1.807, 2.05) is 66.4 Å². The summed E-state index contributed by atoms with van der Waals surface area (Å²) in [4.78, 5) is 19.2. The highest BCUT2D eigenvalue weighted by atomic mass is 32.2. The molecule has 180 valence electrons. The number of amides is 1. The maximum absolute atomic E-state index is 13.5. The molecule has 0 aliphatic heterocycles. The fraction of sp³-hybridized carbons (Fsp3) is 0.407. The number of aromatic nitrogens is 2. The van der Waals surface area contributed by atoms with E-state index in [2.05, 4.69) is 18.8 Å². The van der Waals surface area contributed by atoms with Crippen LogP contribution in [0.25, 0.3) is 0 Å². The normalized spacial score (nSPS) is 13.9. The van der Waals surface area contributed by atoms with Gasteiger partial charge in [0.05, 0.1) is 30.7 Å². The van der Waals surface area contributed by atoms with Crippen LogP contribution in [0.4, 0.5) is 0 Å². The summed E-state index contributed by atoms with van der Waals surface area (Å²) in [5, 5.41) is 0.0512. The third-order valence-electron chi connectivity index (χ3n) is 6.02. The van der Waals surface area contributed by atoms with E-state index >= 15 is 0 Å². The molecule has 1 aliphatic rings. The summed E-state index contributed by atoms with van der Waals surface area (Å²) >= 11 is 0. The van der Waals surface area contributed by atoms with Crippen LogP contribution in [0.2, 0.25) is 0 Å². The summed E-state index contributed by atoms with van der Waals surface area (Å²) in [7, 11) is -3.69. The SMILES string of the molecule is Cc1ccc(CS(=O)(=O)c2ncc(CN(CC(C)C)C(=O)C3CC3)n2Cc2ccccc2)cc1. The number of sulfone groups is 1. The number of hydrogen-bond donors (Lipinski definition) is 0. The highest BCUT2D eigenvalue weighted by molar-refractivity contribution is 7.90. The second-order valence-corrected chi connectivity index (χ2v) is 11.6. The van der Waals surface area contributed by atoms with E-state index in [0.717, 1.165) is 35.2 Å². The number of carbonyl (C=O) groups is 1. The van der Waals surface area contributed by atoms with Gasteiger partial charge < -0.3 is 9.47 Å². The molecule has 0 saturated heterocycles. The highest BCUT2D eigenvalue weighted by Crippen LogP contribution is 2.32. The van der Waals surface area contributed by atoms with Gasteiger partial charge in [0.2, 0.25) is 20.9 Å². The topological polar surface area (TPSA) is 72.3 Å². The molecule has 4 rings (SSSR count). The third kappa shape index (κ3) is 5.95. The molecule has 0 radical (unpaired) electrons. The zero-order valence-corrected chi connectivity index (χ0v) is 21.0. The van der Waals surface area contributed by atoms with Gasteiger partial charge >= 0.3 is 0 Å². The predicted molar refractivity (Wildman–Crippen MR) is 133 cm³/mol. The van der Waals surface area contributed by atoms with Crippen molar-refractivity contribution < 1.29 is 13.2 Å². The molecule has 1 amide bonds. The molecular weight excluding hydrogens is 446 g/mol. The maximum atomic E-state index is 13.5. The molecule has 34 heavy (non-hydrogen) atoms. The van der Waals surface area contributed by atoms with Crippen LogP contribution in [0.1, 0.15) is 49.1 Å². The summed E-state index contributed by atoms with van der Waals surface area (Å²) in [6.07, 6.45) is 3.50. The summed E-state index contributed by atoms with van der Waals surface area (Å²) in [6.45, 7) is 7.53. The molecule has 1 heterocycles. The van der Waals surface area contributed by atoms with Gasteiger partial charge in [0, 0.05) is 12.5 Å². The summed E-state index contributed by atoms with van der Waals surface area (Å²) in [6, 6.07) is 17.3. The molecule has 0 unspecified atom stereocenters. The van der Waals surface area contributed by atoms with Crippen LogP contribution in [0.3, 0.4) is 0 Å². The van der Waals surface area contributed by atoms with Crippen molar-refractivity contribution in [2.45, 2.75) is 57.6 Å².